The van der Waals surface area contributed by atoms with Gasteiger partial charge in [-0.2, -0.15) is 0 Å². The van der Waals surface area contributed by atoms with Crippen LogP contribution in [0.2, 0.25) is 5.02 Å². The molecule has 0 aliphatic heterocycles. The minimum Gasteiger partial charge on any atom is -0.320 e. The summed E-state index contributed by atoms with van der Waals surface area (Å²) >= 11 is 5.93. The molecule has 0 saturated carbocycles. The molecule has 0 aliphatic rings. The molecule has 0 bridgehead atoms. The molecule has 2 aromatic rings. The predicted molar refractivity (Wildman–Crippen MR) is 87.6 cm³/mol. The van der Waals surface area contributed by atoms with Gasteiger partial charge in [0, 0.05) is 23.8 Å². The normalized spacial score (nSPS) is 10.2. The van der Waals surface area contributed by atoms with Gasteiger partial charge in [-0.25, -0.2) is 4.79 Å². The average Bonchev–Trinajstić information content (AvgIpc) is 2.48. The van der Waals surface area contributed by atoms with Gasteiger partial charge in [-0.15, -0.1) is 0 Å². The standard InChI is InChI=1S/C17H19ClN2O/c1-2-11-20(13-14-7-4-3-5-8-14)17(21)19-16-10-6-9-15(18)12-16/h3-10,12H,2,11,13H2,1H3,(H,19,21). The van der Waals surface area contributed by atoms with Gasteiger partial charge in [0.15, 0.2) is 0 Å². The van der Waals surface area contributed by atoms with Crippen molar-refractivity contribution in [2.45, 2.75) is 19.9 Å². The van der Waals surface area contributed by atoms with Crippen LogP contribution >= 0.6 is 11.6 Å². The van der Waals surface area contributed by atoms with Gasteiger partial charge in [0.1, 0.15) is 0 Å². The number of carbonyl (C=O) groups excluding carboxylic acids is 1. The van der Waals surface area contributed by atoms with Crippen molar-refractivity contribution >= 4 is 23.3 Å². The number of hydrogen-bond acceptors (Lipinski definition) is 1. The summed E-state index contributed by atoms with van der Waals surface area (Å²) in [4.78, 5) is 14.2. The van der Waals surface area contributed by atoms with Crippen molar-refractivity contribution in [1.82, 2.24) is 4.90 Å². The summed E-state index contributed by atoms with van der Waals surface area (Å²) in [5.41, 5.74) is 1.83. The Bertz CT molecular complexity index is 586. The number of amides is 2. The fourth-order valence-electron chi connectivity index (χ4n) is 2.09. The Morgan fingerprint density at radius 2 is 1.90 bits per heavy atom. The molecule has 3 nitrogen and oxygen atoms in total. The van der Waals surface area contributed by atoms with E-state index in [0.29, 0.717) is 23.8 Å². The maximum absolute atomic E-state index is 12.4. The molecule has 2 rings (SSSR count). The average molecular weight is 303 g/mol. The maximum Gasteiger partial charge on any atom is 0.322 e. The fraction of sp³-hybridized carbons (Fsp3) is 0.235. The van der Waals surface area contributed by atoms with Gasteiger partial charge in [-0.05, 0) is 30.2 Å². The zero-order chi connectivity index (χ0) is 15.1. The van der Waals surface area contributed by atoms with Gasteiger partial charge < -0.3 is 10.2 Å². The number of anilines is 1. The molecule has 21 heavy (non-hydrogen) atoms. The topological polar surface area (TPSA) is 32.3 Å². The van der Waals surface area contributed by atoms with Crippen molar-refractivity contribution in [1.29, 1.82) is 0 Å². The van der Waals surface area contributed by atoms with Gasteiger partial charge in [-0.3, -0.25) is 0 Å². The Morgan fingerprint density at radius 3 is 2.57 bits per heavy atom. The molecule has 0 spiro atoms. The fourth-order valence-corrected chi connectivity index (χ4v) is 2.29. The number of halogens is 1. The van der Waals surface area contributed by atoms with Crippen LogP contribution < -0.4 is 5.32 Å². The van der Waals surface area contributed by atoms with Gasteiger partial charge >= 0.3 is 6.03 Å². The number of benzene rings is 2. The Labute approximate surface area is 130 Å². The van der Waals surface area contributed by atoms with E-state index in [4.69, 9.17) is 11.6 Å². The van der Waals surface area contributed by atoms with Crippen molar-refractivity contribution in [3.8, 4) is 0 Å². The Kier molecular flexibility index (Phi) is 5.64. The van der Waals surface area contributed by atoms with E-state index in [0.717, 1.165) is 12.0 Å². The van der Waals surface area contributed by atoms with Crippen molar-refractivity contribution in [3.05, 3.63) is 65.2 Å². The summed E-state index contributed by atoms with van der Waals surface area (Å²) in [6, 6.07) is 17.0. The molecule has 110 valence electrons. The molecular weight excluding hydrogens is 284 g/mol. The van der Waals surface area contributed by atoms with E-state index in [1.165, 1.54) is 0 Å². The summed E-state index contributed by atoms with van der Waals surface area (Å²) in [6.45, 7) is 3.37. The van der Waals surface area contributed by atoms with Crippen molar-refractivity contribution in [2.75, 3.05) is 11.9 Å². The number of nitrogens with one attached hydrogen (secondary N) is 1. The van der Waals surface area contributed by atoms with Crippen LogP contribution in [0.3, 0.4) is 0 Å². The van der Waals surface area contributed by atoms with E-state index in [9.17, 15) is 4.79 Å². The van der Waals surface area contributed by atoms with Crippen LogP contribution in [0.4, 0.5) is 10.5 Å². The second kappa shape index (κ2) is 7.70. The maximum atomic E-state index is 12.4. The van der Waals surface area contributed by atoms with Crippen LogP contribution in [-0.2, 0) is 6.54 Å². The van der Waals surface area contributed by atoms with E-state index < -0.39 is 0 Å². The molecule has 1 N–H and O–H groups in total. The van der Waals surface area contributed by atoms with E-state index in [1.807, 2.05) is 42.5 Å². The third kappa shape index (κ3) is 4.80. The van der Waals surface area contributed by atoms with Crippen LogP contribution in [0.5, 0.6) is 0 Å². The lowest BCUT2D eigenvalue weighted by molar-refractivity contribution is 0.209. The van der Waals surface area contributed by atoms with Gasteiger partial charge in [-0.1, -0.05) is 54.9 Å². The Hall–Kier alpha value is -2.00. The summed E-state index contributed by atoms with van der Waals surface area (Å²) in [5.74, 6) is 0. The van der Waals surface area contributed by atoms with Crippen molar-refractivity contribution in [3.63, 3.8) is 0 Å². The Balaban J connectivity index is 2.05. The lowest BCUT2D eigenvalue weighted by atomic mass is 10.2. The minimum atomic E-state index is -0.108. The van der Waals surface area contributed by atoms with E-state index in [2.05, 4.69) is 12.2 Å². The van der Waals surface area contributed by atoms with Crippen LogP contribution in [-0.4, -0.2) is 17.5 Å². The molecule has 2 aromatic carbocycles. The molecule has 0 radical (unpaired) electrons. The second-order valence-electron chi connectivity index (χ2n) is 4.85. The monoisotopic (exact) mass is 302 g/mol. The number of hydrogen-bond donors (Lipinski definition) is 1. The number of urea groups is 1. The quantitative estimate of drug-likeness (QED) is 0.846. The molecule has 0 atom stereocenters. The van der Waals surface area contributed by atoms with Crippen molar-refractivity contribution < 1.29 is 4.79 Å². The first-order valence-electron chi connectivity index (χ1n) is 7.04. The minimum absolute atomic E-state index is 0.108. The predicted octanol–water partition coefficient (Wildman–Crippen LogP) is 4.78. The summed E-state index contributed by atoms with van der Waals surface area (Å²) in [5, 5.41) is 3.50. The first-order valence-corrected chi connectivity index (χ1v) is 7.42. The van der Waals surface area contributed by atoms with E-state index >= 15 is 0 Å². The molecule has 2 amide bonds. The van der Waals surface area contributed by atoms with E-state index in [-0.39, 0.29) is 6.03 Å². The number of nitrogens with zero attached hydrogens (tertiary/aromatic N) is 1. The first-order chi connectivity index (χ1) is 10.2. The molecule has 0 heterocycles. The first kappa shape index (κ1) is 15.4. The van der Waals surface area contributed by atoms with Crippen LogP contribution in [0.15, 0.2) is 54.6 Å². The van der Waals surface area contributed by atoms with Crippen LogP contribution in [0.1, 0.15) is 18.9 Å². The van der Waals surface area contributed by atoms with Crippen molar-refractivity contribution in [2.24, 2.45) is 0 Å². The molecule has 0 aromatic heterocycles. The lowest BCUT2D eigenvalue weighted by Gasteiger charge is -2.22. The lowest BCUT2D eigenvalue weighted by Crippen LogP contribution is -2.35. The molecule has 4 heteroatoms. The highest BCUT2D eigenvalue weighted by Crippen LogP contribution is 2.16. The molecule has 0 saturated heterocycles. The summed E-state index contributed by atoms with van der Waals surface area (Å²) < 4.78 is 0. The molecule has 0 unspecified atom stereocenters. The zero-order valence-electron chi connectivity index (χ0n) is 12.1. The van der Waals surface area contributed by atoms with Gasteiger partial charge in [0.05, 0.1) is 0 Å². The van der Waals surface area contributed by atoms with E-state index in [1.54, 1.807) is 17.0 Å². The molecule has 0 fully saturated rings. The number of rotatable bonds is 5. The molecule has 0 aliphatic carbocycles. The number of carbonyl (C=O) groups is 1. The zero-order valence-corrected chi connectivity index (χ0v) is 12.8. The largest absolute Gasteiger partial charge is 0.322 e. The summed E-state index contributed by atoms with van der Waals surface area (Å²) in [6.07, 6.45) is 0.912. The smallest absolute Gasteiger partial charge is 0.320 e. The van der Waals surface area contributed by atoms with Crippen LogP contribution in [0, 0.1) is 0 Å². The SMILES string of the molecule is CCCN(Cc1ccccc1)C(=O)Nc1cccc(Cl)c1. The Morgan fingerprint density at radius 1 is 1.14 bits per heavy atom. The summed E-state index contributed by atoms with van der Waals surface area (Å²) in [7, 11) is 0. The highest BCUT2D eigenvalue weighted by atomic mass is 35.5. The third-order valence-corrected chi connectivity index (χ3v) is 3.31. The highest BCUT2D eigenvalue weighted by Gasteiger charge is 2.13. The second-order valence-corrected chi connectivity index (χ2v) is 5.28. The van der Waals surface area contributed by atoms with Crippen LogP contribution in [0.25, 0.3) is 0 Å². The van der Waals surface area contributed by atoms with Gasteiger partial charge in [0.2, 0.25) is 0 Å². The molecular formula is C17H19ClN2O. The van der Waals surface area contributed by atoms with Gasteiger partial charge in [0.25, 0.3) is 0 Å². The highest BCUT2D eigenvalue weighted by molar-refractivity contribution is 6.30. The third-order valence-electron chi connectivity index (χ3n) is 3.07.